The number of hydrogen-bond acceptors (Lipinski definition) is 5. The molecule has 0 aliphatic carbocycles. The van der Waals surface area contributed by atoms with Crippen LogP contribution in [0.25, 0.3) is 0 Å². The highest BCUT2D eigenvalue weighted by Crippen LogP contribution is 2.20. The van der Waals surface area contributed by atoms with Crippen LogP contribution in [0.15, 0.2) is 0 Å². The number of amides is 2. The number of hydrogen-bond donors (Lipinski definition) is 0. The van der Waals surface area contributed by atoms with Crippen molar-refractivity contribution in [3.63, 3.8) is 0 Å². The van der Waals surface area contributed by atoms with Crippen molar-refractivity contribution in [2.24, 2.45) is 11.8 Å². The molecule has 1 heterocycles. The molecule has 0 radical (unpaired) electrons. The summed E-state index contributed by atoms with van der Waals surface area (Å²) < 4.78 is 5.36. The maximum atomic E-state index is 12.8. The normalized spacial score (nSPS) is 18.7. The number of nitrogens with zero attached hydrogens (tertiary/aromatic N) is 4. The van der Waals surface area contributed by atoms with Crippen molar-refractivity contribution < 1.29 is 14.3 Å². The van der Waals surface area contributed by atoms with Gasteiger partial charge in [0.15, 0.2) is 0 Å². The Hall–Kier alpha value is -1.18. The van der Waals surface area contributed by atoms with E-state index in [2.05, 4.69) is 65.7 Å². The molecule has 1 rings (SSSR count). The third-order valence-electron chi connectivity index (χ3n) is 6.98. The SMILES string of the molecule is CCN(CCCC(C(C)CC(=O)N1CCOCC1)N(C)C)C(=O)CC(C)C(C)N(C)C. The molecule has 1 saturated heterocycles. The lowest BCUT2D eigenvalue weighted by Gasteiger charge is -2.33. The number of ether oxygens (including phenoxy) is 1. The van der Waals surface area contributed by atoms with Crippen molar-refractivity contribution in [2.75, 3.05) is 67.6 Å². The quantitative estimate of drug-likeness (QED) is 0.440. The fourth-order valence-corrected chi connectivity index (χ4v) is 4.44. The Morgan fingerprint density at radius 1 is 0.935 bits per heavy atom. The highest BCUT2D eigenvalue weighted by molar-refractivity contribution is 5.77. The molecule has 4 atom stereocenters. The zero-order valence-corrected chi connectivity index (χ0v) is 21.4. The molecule has 0 aromatic rings. The molecule has 2 amide bonds. The molecule has 182 valence electrons. The third kappa shape index (κ3) is 9.46. The first-order valence-electron chi connectivity index (χ1n) is 12.0. The maximum absolute atomic E-state index is 12.8. The minimum atomic E-state index is 0.233. The molecule has 1 aliphatic heterocycles. The van der Waals surface area contributed by atoms with Crippen molar-refractivity contribution in [1.82, 2.24) is 19.6 Å². The van der Waals surface area contributed by atoms with E-state index >= 15 is 0 Å². The molecule has 1 aliphatic rings. The fraction of sp³-hybridized carbons (Fsp3) is 0.917. The van der Waals surface area contributed by atoms with Crippen molar-refractivity contribution in [2.45, 2.75) is 65.5 Å². The summed E-state index contributed by atoms with van der Waals surface area (Å²) in [5.41, 5.74) is 0. The molecule has 0 N–H and O–H groups in total. The van der Waals surface area contributed by atoms with Crippen LogP contribution in [0.1, 0.15) is 53.4 Å². The lowest BCUT2D eigenvalue weighted by Crippen LogP contribution is -2.43. The van der Waals surface area contributed by atoms with E-state index in [0.717, 1.165) is 25.9 Å². The van der Waals surface area contributed by atoms with E-state index in [9.17, 15) is 9.59 Å². The Labute approximate surface area is 191 Å². The second-order valence-corrected chi connectivity index (χ2v) is 9.71. The summed E-state index contributed by atoms with van der Waals surface area (Å²) in [6, 6.07) is 0.706. The van der Waals surface area contributed by atoms with E-state index in [1.807, 2.05) is 9.80 Å². The first kappa shape index (κ1) is 27.9. The molecule has 4 unspecified atom stereocenters. The van der Waals surface area contributed by atoms with E-state index in [1.54, 1.807) is 0 Å². The van der Waals surface area contributed by atoms with Gasteiger partial charge >= 0.3 is 0 Å². The van der Waals surface area contributed by atoms with Crippen molar-refractivity contribution in [1.29, 1.82) is 0 Å². The Balaban J connectivity index is 2.53. The van der Waals surface area contributed by atoms with Gasteiger partial charge in [0.25, 0.3) is 0 Å². The van der Waals surface area contributed by atoms with Gasteiger partial charge in [-0.2, -0.15) is 0 Å². The van der Waals surface area contributed by atoms with Gasteiger partial charge in [-0.3, -0.25) is 9.59 Å². The lowest BCUT2D eigenvalue weighted by atomic mass is 9.92. The van der Waals surface area contributed by atoms with E-state index in [4.69, 9.17) is 4.74 Å². The summed E-state index contributed by atoms with van der Waals surface area (Å²) in [6.07, 6.45) is 3.10. The zero-order chi connectivity index (χ0) is 23.6. The van der Waals surface area contributed by atoms with Gasteiger partial charge in [0.1, 0.15) is 0 Å². The lowest BCUT2D eigenvalue weighted by molar-refractivity contribution is -0.136. The molecule has 0 aromatic heterocycles. The maximum Gasteiger partial charge on any atom is 0.223 e. The smallest absolute Gasteiger partial charge is 0.223 e. The summed E-state index contributed by atoms with van der Waals surface area (Å²) in [5, 5.41) is 0. The molecule has 0 aromatic carbocycles. The van der Waals surface area contributed by atoms with Gasteiger partial charge in [0.05, 0.1) is 13.2 Å². The first-order valence-corrected chi connectivity index (χ1v) is 12.0. The highest BCUT2D eigenvalue weighted by Gasteiger charge is 2.26. The molecule has 7 nitrogen and oxygen atoms in total. The van der Waals surface area contributed by atoms with Crippen LogP contribution in [0, 0.1) is 11.8 Å². The van der Waals surface area contributed by atoms with Crippen LogP contribution >= 0.6 is 0 Å². The van der Waals surface area contributed by atoms with E-state index < -0.39 is 0 Å². The number of carbonyl (C=O) groups is 2. The fourth-order valence-electron chi connectivity index (χ4n) is 4.44. The molecule has 0 saturated carbocycles. The monoisotopic (exact) mass is 440 g/mol. The summed E-state index contributed by atoms with van der Waals surface area (Å²) in [4.78, 5) is 33.8. The molecule has 7 heteroatoms. The van der Waals surface area contributed by atoms with Gasteiger partial charge in [-0.25, -0.2) is 0 Å². The summed E-state index contributed by atoms with van der Waals surface area (Å²) in [6.45, 7) is 12.8. The van der Waals surface area contributed by atoms with Crippen LogP contribution in [-0.4, -0.2) is 111 Å². The first-order chi connectivity index (χ1) is 14.6. The van der Waals surface area contributed by atoms with Gasteiger partial charge < -0.3 is 24.3 Å². The largest absolute Gasteiger partial charge is 0.378 e. The van der Waals surface area contributed by atoms with Crippen molar-refractivity contribution >= 4 is 11.8 Å². The molecular weight excluding hydrogens is 392 g/mol. The predicted octanol–water partition coefficient (Wildman–Crippen LogP) is 2.41. The van der Waals surface area contributed by atoms with Gasteiger partial charge in [-0.15, -0.1) is 0 Å². The molecule has 1 fully saturated rings. The standard InChI is InChI=1S/C24H48N4O3/c1-9-27(23(29)17-19(2)21(4)25(5)6)12-10-11-22(26(7)8)20(3)18-24(30)28-13-15-31-16-14-28/h19-22H,9-18H2,1-8H3. The average molecular weight is 441 g/mol. The molecule has 31 heavy (non-hydrogen) atoms. The number of morpholine rings is 1. The van der Waals surface area contributed by atoms with E-state index in [-0.39, 0.29) is 17.7 Å². The second-order valence-electron chi connectivity index (χ2n) is 9.71. The van der Waals surface area contributed by atoms with Crippen molar-refractivity contribution in [3.05, 3.63) is 0 Å². The third-order valence-corrected chi connectivity index (χ3v) is 6.98. The Bertz CT molecular complexity index is 535. The summed E-state index contributed by atoms with van der Waals surface area (Å²) in [5.74, 6) is 1.09. The number of carbonyl (C=O) groups excluding carboxylic acids is 2. The summed E-state index contributed by atoms with van der Waals surface area (Å²) in [7, 11) is 8.31. The number of rotatable bonds is 13. The van der Waals surface area contributed by atoms with E-state index in [1.165, 1.54) is 0 Å². The predicted molar refractivity (Wildman–Crippen MR) is 127 cm³/mol. The molecule has 0 bridgehead atoms. The van der Waals surface area contributed by atoms with Crippen LogP contribution in [0.4, 0.5) is 0 Å². The van der Waals surface area contributed by atoms with Gasteiger partial charge in [-0.05, 0) is 66.7 Å². The van der Waals surface area contributed by atoms with Gasteiger partial charge in [-0.1, -0.05) is 13.8 Å². The summed E-state index contributed by atoms with van der Waals surface area (Å²) >= 11 is 0. The minimum Gasteiger partial charge on any atom is -0.378 e. The van der Waals surface area contributed by atoms with Crippen LogP contribution in [0.2, 0.25) is 0 Å². The second kappa shape index (κ2) is 14.1. The minimum absolute atomic E-state index is 0.233. The Kier molecular flexibility index (Phi) is 12.6. The van der Waals surface area contributed by atoms with Crippen LogP contribution < -0.4 is 0 Å². The Morgan fingerprint density at radius 3 is 2.06 bits per heavy atom. The zero-order valence-electron chi connectivity index (χ0n) is 21.4. The Morgan fingerprint density at radius 2 is 1.55 bits per heavy atom. The highest BCUT2D eigenvalue weighted by atomic mass is 16.5. The van der Waals surface area contributed by atoms with Gasteiger partial charge in [0.2, 0.25) is 11.8 Å². The van der Waals surface area contributed by atoms with Crippen LogP contribution in [0.5, 0.6) is 0 Å². The average Bonchev–Trinajstić information content (AvgIpc) is 2.73. The van der Waals surface area contributed by atoms with E-state index in [0.29, 0.717) is 57.1 Å². The topological polar surface area (TPSA) is 56.3 Å². The van der Waals surface area contributed by atoms with Crippen LogP contribution in [0.3, 0.4) is 0 Å². The van der Waals surface area contributed by atoms with Crippen LogP contribution in [-0.2, 0) is 14.3 Å². The molecular formula is C24H48N4O3. The van der Waals surface area contributed by atoms with Crippen molar-refractivity contribution in [3.8, 4) is 0 Å². The van der Waals surface area contributed by atoms with Gasteiger partial charge in [0, 0.05) is 51.1 Å². The molecule has 0 spiro atoms.